The molecule has 2 fully saturated rings. The molecule has 3 rings (SSSR count). The minimum atomic E-state index is -0.467. The lowest BCUT2D eigenvalue weighted by Crippen LogP contribution is -2.55. The lowest BCUT2D eigenvalue weighted by atomic mass is 10.1. The summed E-state index contributed by atoms with van der Waals surface area (Å²) >= 11 is 0. The van der Waals surface area contributed by atoms with Crippen LogP contribution in [0.25, 0.3) is 0 Å². The molecule has 0 aliphatic carbocycles. The number of carbonyl (C=O) groups is 1. The largest absolute Gasteiger partial charge is 0.387 e. The van der Waals surface area contributed by atoms with Crippen molar-refractivity contribution in [2.75, 3.05) is 59.0 Å². The second-order valence-corrected chi connectivity index (χ2v) is 7.00. The molecule has 6 nitrogen and oxygen atoms in total. The number of amides is 1. The van der Waals surface area contributed by atoms with E-state index in [1.807, 2.05) is 35.2 Å². The van der Waals surface area contributed by atoms with Gasteiger partial charge in [-0.1, -0.05) is 30.3 Å². The minimum absolute atomic E-state index is 0.202. The first kappa shape index (κ1) is 18.3. The van der Waals surface area contributed by atoms with Gasteiger partial charge in [-0.25, -0.2) is 0 Å². The Labute approximate surface area is 150 Å². The fourth-order valence-electron chi connectivity index (χ4n) is 3.59. The van der Waals surface area contributed by atoms with Gasteiger partial charge in [-0.15, -0.1) is 0 Å². The molecule has 1 N–H and O–H groups in total. The van der Waals surface area contributed by atoms with Crippen LogP contribution in [0.5, 0.6) is 0 Å². The normalized spacial score (nSPS) is 24.2. The summed E-state index contributed by atoms with van der Waals surface area (Å²) in [4.78, 5) is 18.8. The summed E-state index contributed by atoms with van der Waals surface area (Å²) in [6, 6.07) is 10.1. The van der Waals surface area contributed by atoms with E-state index in [4.69, 9.17) is 4.74 Å². The van der Waals surface area contributed by atoms with E-state index in [0.717, 1.165) is 25.2 Å². The first-order valence-corrected chi connectivity index (χ1v) is 9.18. The van der Waals surface area contributed by atoms with Crippen molar-refractivity contribution in [3.8, 4) is 0 Å². The number of β-amino-alcohol motifs (C(OH)–C–C–N with tert-alkyl or cyclic N) is 1. The van der Waals surface area contributed by atoms with Crippen LogP contribution in [0.2, 0.25) is 0 Å². The molecule has 6 heteroatoms. The summed E-state index contributed by atoms with van der Waals surface area (Å²) in [5.74, 6) is 0.202. The Bertz CT molecular complexity index is 548. The number of nitrogens with zero attached hydrogens (tertiary/aromatic N) is 3. The number of hydrogen-bond donors (Lipinski definition) is 1. The van der Waals surface area contributed by atoms with E-state index in [-0.39, 0.29) is 5.91 Å². The number of rotatable bonds is 5. The Balaban J connectivity index is 1.46. The molecule has 2 aliphatic heterocycles. The van der Waals surface area contributed by atoms with Gasteiger partial charge >= 0.3 is 0 Å². The molecule has 2 aliphatic rings. The number of carbonyl (C=O) groups excluding carboxylic acids is 1. The highest BCUT2D eigenvalue weighted by atomic mass is 16.5. The van der Waals surface area contributed by atoms with Crippen molar-refractivity contribution in [3.05, 3.63) is 35.9 Å². The SMILES string of the molecule is C[C@@H]1CN(CC(=O)N2CCOCC2)CCN1C[C@H](O)c1ccccc1. The van der Waals surface area contributed by atoms with E-state index in [2.05, 4.69) is 16.7 Å². The Kier molecular flexibility index (Phi) is 6.42. The van der Waals surface area contributed by atoms with Crippen LogP contribution in [0.15, 0.2) is 30.3 Å². The number of aliphatic hydroxyl groups is 1. The fourth-order valence-corrected chi connectivity index (χ4v) is 3.59. The molecule has 2 saturated heterocycles. The molecule has 1 aromatic rings. The highest BCUT2D eigenvalue weighted by molar-refractivity contribution is 5.78. The van der Waals surface area contributed by atoms with Gasteiger partial charge in [0.15, 0.2) is 0 Å². The number of hydrogen-bond acceptors (Lipinski definition) is 5. The van der Waals surface area contributed by atoms with Crippen LogP contribution in [0, 0.1) is 0 Å². The van der Waals surface area contributed by atoms with Crippen molar-refractivity contribution in [3.63, 3.8) is 0 Å². The van der Waals surface area contributed by atoms with Crippen LogP contribution in [0.3, 0.4) is 0 Å². The van der Waals surface area contributed by atoms with Gasteiger partial charge in [0.1, 0.15) is 0 Å². The third kappa shape index (κ3) is 5.01. The quantitative estimate of drug-likeness (QED) is 0.845. The minimum Gasteiger partial charge on any atom is -0.387 e. The molecule has 1 aromatic carbocycles. The molecular weight excluding hydrogens is 318 g/mol. The molecule has 0 unspecified atom stereocenters. The molecule has 0 bridgehead atoms. The average molecular weight is 347 g/mol. The van der Waals surface area contributed by atoms with Gasteiger partial charge in [0, 0.05) is 45.3 Å². The van der Waals surface area contributed by atoms with Crippen LogP contribution >= 0.6 is 0 Å². The van der Waals surface area contributed by atoms with E-state index in [1.165, 1.54) is 0 Å². The summed E-state index contributed by atoms with van der Waals surface area (Å²) in [7, 11) is 0. The maximum atomic E-state index is 12.4. The van der Waals surface area contributed by atoms with E-state index < -0.39 is 6.10 Å². The molecule has 25 heavy (non-hydrogen) atoms. The summed E-state index contributed by atoms with van der Waals surface area (Å²) in [6.07, 6.45) is -0.467. The van der Waals surface area contributed by atoms with Gasteiger partial charge in [-0.2, -0.15) is 0 Å². The van der Waals surface area contributed by atoms with Crippen LogP contribution < -0.4 is 0 Å². The monoisotopic (exact) mass is 347 g/mol. The van der Waals surface area contributed by atoms with Crippen molar-refractivity contribution in [1.82, 2.24) is 14.7 Å². The smallest absolute Gasteiger partial charge is 0.236 e. The van der Waals surface area contributed by atoms with Crippen molar-refractivity contribution in [2.24, 2.45) is 0 Å². The summed E-state index contributed by atoms with van der Waals surface area (Å²) in [5, 5.41) is 10.4. The van der Waals surface area contributed by atoms with Gasteiger partial charge in [0.2, 0.25) is 5.91 Å². The lowest BCUT2D eigenvalue weighted by Gasteiger charge is -2.41. The lowest BCUT2D eigenvalue weighted by molar-refractivity contribution is -0.137. The molecule has 2 heterocycles. The number of morpholine rings is 1. The first-order valence-electron chi connectivity index (χ1n) is 9.18. The number of piperazine rings is 1. The average Bonchev–Trinajstić information content (AvgIpc) is 2.65. The molecule has 0 radical (unpaired) electrons. The molecule has 1 amide bonds. The van der Waals surface area contributed by atoms with E-state index >= 15 is 0 Å². The summed E-state index contributed by atoms with van der Waals surface area (Å²) in [5.41, 5.74) is 0.958. The van der Waals surface area contributed by atoms with Crippen LogP contribution in [0.1, 0.15) is 18.6 Å². The molecular formula is C19H29N3O3. The van der Waals surface area contributed by atoms with Gasteiger partial charge in [-0.05, 0) is 12.5 Å². The third-order valence-electron chi connectivity index (χ3n) is 5.16. The molecule has 138 valence electrons. The van der Waals surface area contributed by atoms with Crippen molar-refractivity contribution in [2.45, 2.75) is 19.1 Å². The van der Waals surface area contributed by atoms with E-state index in [9.17, 15) is 9.90 Å². The van der Waals surface area contributed by atoms with Gasteiger partial charge in [0.25, 0.3) is 0 Å². The van der Waals surface area contributed by atoms with Crippen molar-refractivity contribution in [1.29, 1.82) is 0 Å². The topological polar surface area (TPSA) is 56.2 Å². The standard InChI is InChI=1S/C19H29N3O3/c1-16-13-20(15-19(24)21-9-11-25-12-10-21)7-8-22(16)14-18(23)17-5-3-2-4-6-17/h2-6,16,18,23H,7-15H2,1H3/t16-,18+/m1/s1. The van der Waals surface area contributed by atoms with Crippen LogP contribution in [-0.2, 0) is 9.53 Å². The highest BCUT2D eigenvalue weighted by Gasteiger charge is 2.28. The van der Waals surface area contributed by atoms with Crippen LogP contribution in [0.4, 0.5) is 0 Å². The molecule has 0 spiro atoms. The zero-order valence-corrected chi connectivity index (χ0v) is 15.0. The zero-order chi connectivity index (χ0) is 17.6. The Morgan fingerprint density at radius 2 is 1.92 bits per heavy atom. The Morgan fingerprint density at radius 3 is 2.60 bits per heavy atom. The molecule has 0 saturated carbocycles. The summed E-state index contributed by atoms with van der Waals surface area (Å²) in [6.45, 7) is 8.59. The number of aliphatic hydroxyl groups excluding tert-OH is 1. The first-order chi connectivity index (χ1) is 12.1. The predicted molar refractivity (Wildman–Crippen MR) is 96.3 cm³/mol. The van der Waals surface area contributed by atoms with Crippen LogP contribution in [-0.4, -0.2) is 90.8 Å². The van der Waals surface area contributed by atoms with Gasteiger partial charge in [-0.3, -0.25) is 14.6 Å². The second kappa shape index (κ2) is 8.76. The Morgan fingerprint density at radius 1 is 1.20 bits per heavy atom. The maximum absolute atomic E-state index is 12.4. The van der Waals surface area contributed by atoms with Crippen molar-refractivity contribution < 1.29 is 14.6 Å². The Hall–Kier alpha value is -1.47. The van der Waals surface area contributed by atoms with Gasteiger partial charge < -0.3 is 14.7 Å². The second-order valence-electron chi connectivity index (χ2n) is 7.00. The third-order valence-corrected chi connectivity index (χ3v) is 5.16. The van der Waals surface area contributed by atoms with E-state index in [1.54, 1.807) is 0 Å². The maximum Gasteiger partial charge on any atom is 0.236 e. The summed E-state index contributed by atoms with van der Waals surface area (Å²) < 4.78 is 5.31. The number of benzene rings is 1. The van der Waals surface area contributed by atoms with Gasteiger partial charge in [0.05, 0.1) is 25.9 Å². The van der Waals surface area contributed by atoms with E-state index in [0.29, 0.717) is 45.4 Å². The number of ether oxygens (including phenoxy) is 1. The fraction of sp³-hybridized carbons (Fsp3) is 0.632. The molecule has 0 aromatic heterocycles. The zero-order valence-electron chi connectivity index (χ0n) is 15.0. The predicted octanol–water partition coefficient (Wildman–Crippen LogP) is 0.585. The molecule has 2 atom stereocenters. The highest BCUT2D eigenvalue weighted by Crippen LogP contribution is 2.18. The van der Waals surface area contributed by atoms with Crippen molar-refractivity contribution >= 4 is 5.91 Å².